The van der Waals surface area contributed by atoms with Gasteiger partial charge in [-0.1, -0.05) is 26.7 Å². The molecule has 1 unspecified atom stereocenters. The SMILES string of the molecule is CCCCC(NC(=O)Nc1cn(C)nc1CC)C(=O)O. The van der Waals surface area contributed by atoms with Gasteiger partial charge in [-0.2, -0.15) is 5.10 Å². The highest BCUT2D eigenvalue weighted by Gasteiger charge is 2.20. The number of urea groups is 1. The van der Waals surface area contributed by atoms with E-state index in [4.69, 9.17) is 5.11 Å². The molecule has 3 N–H and O–H groups in total. The molecular weight excluding hydrogens is 260 g/mol. The van der Waals surface area contributed by atoms with Crippen LogP contribution in [-0.2, 0) is 18.3 Å². The second kappa shape index (κ2) is 7.52. The lowest BCUT2D eigenvalue weighted by atomic mass is 10.1. The zero-order valence-corrected chi connectivity index (χ0v) is 12.1. The minimum atomic E-state index is -1.02. The summed E-state index contributed by atoms with van der Waals surface area (Å²) in [7, 11) is 1.77. The highest BCUT2D eigenvalue weighted by atomic mass is 16.4. The number of rotatable bonds is 7. The number of anilines is 1. The third kappa shape index (κ3) is 4.56. The molecule has 1 aromatic rings. The zero-order valence-electron chi connectivity index (χ0n) is 12.1. The van der Waals surface area contributed by atoms with Crippen LogP contribution in [0.4, 0.5) is 10.5 Å². The summed E-state index contributed by atoms with van der Waals surface area (Å²) >= 11 is 0. The number of unbranched alkanes of at least 4 members (excludes halogenated alkanes) is 1. The lowest BCUT2D eigenvalue weighted by Gasteiger charge is -2.14. The summed E-state index contributed by atoms with van der Waals surface area (Å²) in [6.07, 6.45) is 4.45. The summed E-state index contributed by atoms with van der Waals surface area (Å²) in [6.45, 7) is 3.91. The van der Waals surface area contributed by atoms with E-state index in [0.717, 1.165) is 18.5 Å². The van der Waals surface area contributed by atoms with Crippen LogP contribution in [0.15, 0.2) is 6.20 Å². The molecule has 0 radical (unpaired) electrons. The third-order valence-corrected chi connectivity index (χ3v) is 2.94. The van der Waals surface area contributed by atoms with Crippen molar-refractivity contribution in [3.8, 4) is 0 Å². The number of nitrogens with one attached hydrogen (secondary N) is 2. The number of aliphatic carboxylic acids is 1. The summed E-state index contributed by atoms with van der Waals surface area (Å²) in [6, 6.07) is -1.38. The number of aryl methyl sites for hydroxylation is 2. The van der Waals surface area contributed by atoms with Crippen LogP contribution in [0.3, 0.4) is 0 Å². The van der Waals surface area contributed by atoms with Crippen LogP contribution in [0.25, 0.3) is 0 Å². The molecule has 0 aromatic carbocycles. The van der Waals surface area contributed by atoms with Crippen LogP contribution in [0.1, 0.15) is 38.8 Å². The van der Waals surface area contributed by atoms with Gasteiger partial charge in [0.1, 0.15) is 6.04 Å². The first-order chi connectivity index (χ1) is 9.47. The first-order valence-electron chi connectivity index (χ1n) is 6.80. The fraction of sp³-hybridized carbons (Fsp3) is 0.615. The molecule has 7 nitrogen and oxygen atoms in total. The Hall–Kier alpha value is -2.05. The predicted octanol–water partition coefficient (Wildman–Crippen LogP) is 1.75. The van der Waals surface area contributed by atoms with Crippen LogP contribution >= 0.6 is 0 Å². The van der Waals surface area contributed by atoms with Crippen molar-refractivity contribution in [2.24, 2.45) is 7.05 Å². The van der Waals surface area contributed by atoms with E-state index in [1.54, 1.807) is 17.9 Å². The van der Waals surface area contributed by atoms with Gasteiger partial charge in [0.25, 0.3) is 0 Å². The van der Waals surface area contributed by atoms with Gasteiger partial charge in [0.2, 0.25) is 0 Å². The Morgan fingerprint density at radius 2 is 2.15 bits per heavy atom. The zero-order chi connectivity index (χ0) is 15.1. The van der Waals surface area contributed by atoms with Crippen LogP contribution in [0, 0.1) is 0 Å². The van der Waals surface area contributed by atoms with Gasteiger partial charge in [0.15, 0.2) is 0 Å². The molecule has 0 saturated carbocycles. The van der Waals surface area contributed by atoms with Crippen LogP contribution in [0.2, 0.25) is 0 Å². The normalized spacial score (nSPS) is 11.9. The van der Waals surface area contributed by atoms with E-state index in [9.17, 15) is 9.59 Å². The molecular formula is C13H22N4O3. The Labute approximate surface area is 118 Å². The van der Waals surface area contributed by atoms with Gasteiger partial charge in [-0.05, 0) is 12.8 Å². The molecule has 20 heavy (non-hydrogen) atoms. The van der Waals surface area contributed by atoms with Crippen molar-refractivity contribution in [2.45, 2.75) is 45.6 Å². The van der Waals surface area contributed by atoms with E-state index in [-0.39, 0.29) is 0 Å². The van der Waals surface area contributed by atoms with E-state index in [1.165, 1.54) is 0 Å². The highest BCUT2D eigenvalue weighted by Crippen LogP contribution is 2.13. The van der Waals surface area contributed by atoms with Gasteiger partial charge in [-0.15, -0.1) is 0 Å². The molecule has 0 bridgehead atoms. The second-order valence-electron chi connectivity index (χ2n) is 4.65. The second-order valence-corrected chi connectivity index (χ2v) is 4.65. The number of carbonyl (C=O) groups is 2. The van der Waals surface area contributed by atoms with Crippen LogP contribution in [0.5, 0.6) is 0 Å². The minimum Gasteiger partial charge on any atom is -0.480 e. The minimum absolute atomic E-state index is 0.424. The fourth-order valence-corrected chi connectivity index (χ4v) is 1.88. The molecule has 112 valence electrons. The summed E-state index contributed by atoms with van der Waals surface area (Å²) in [4.78, 5) is 22.9. The van der Waals surface area contributed by atoms with Gasteiger partial charge in [0, 0.05) is 13.2 Å². The number of hydrogen-bond acceptors (Lipinski definition) is 3. The molecule has 2 amide bonds. The lowest BCUT2D eigenvalue weighted by Crippen LogP contribution is -2.43. The number of amides is 2. The Kier molecular flexibility index (Phi) is 6.02. The molecule has 1 aromatic heterocycles. The lowest BCUT2D eigenvalue weighted by molar-refractivity contribution is -0.139. The summed E-state index contributed by atoms with van der Waals surface area (Å²) in [5, 5.41) is 18.4. The standard InChI is InChI=1S/C13H22N4O3/c1-4-6-7-10(12(18)19)14-13(20)15-11-8-17(3)16-9(11)5-2/h8,10H,4-7H2,1-3H3,(H,18,19)(H2,14,15,20). The highest BCUT2D eigenvalue weighted by molar-refractivity contribution is 5.92. The predicted molar refractivity (Wildman–Crippen MR) is 75.7 cm³/mol. The largest absolute Gasteiger partial charge is 0.480 e. The molecule has 0 aliphatic heterocycles. The number of nitrogens with zero attached hydrogens (tertiary/aromatic N) is 2. The average molecular weight is 282 g/mol. The Balaban J connectivity index is 2.63. The molecule has 1 rings (SSSR count). The smallest absolute Gasteiger partial charge is 0.326 e. The topological polar surface area (TPSA) is 96.3 Å². The molecule has 0 aliphatic rings. The summed E-state index contributed by atoms with van der Waals surface area (Å²) in [5.41, 5.74) is 1.37. The summed E-state index contributed by atoms with van der Waals surface area (Å²) in [5.74, 6) is -1.02. The van der Waals surface area contributed by atoms with E-state index in [0.29, 0.717) is 18.5 Å². The quantitative estimate of drug-likeness (QED) is 0.709. The molecule has 0 aliphatic carbocycles. The van der Waals surface area contributed by atoms with Crippen LogP contribution < -0.4 is 10.6 Å². The number of carboxylic acid groups (broad SMARTS) is 1. The number of hydrogen-bond donors (Lipinski definition) is 3. The van der Waals surface area contributed by atoms with Crippen LogP contribution in [-0.4, -0.2) is 32.9 Å². The van der Waals surface area contributed by atoms with Crippen molar-refractivity contribution in [3.63, 3.8) is 0 Å². The number of aromatic nitrogens is 2. The van der Waals surface area contributed by atoms with Crippen molar-refractivity contribution >= 4 is 17.7 Å². The fourth-order valence-electron chi connectivity index (χ4n) is 1.88. The van der Waals surface area contributed by atoms with E-state index >= 15 is 0 Å². The monoisotopic (exact) mass is 282 g/mol. The van der Waals surface area contributed by atoms with E-state index in [1.807, 2.05) is 13.8 Å². The number of carbonyl (C=O) groups excluding carboxylic acids is 1. The summed E-state index contributed by atoms with van der Waals surface area (Å²) < 4.78 is 1.61. The Bertz CT molecular complexity index is 470. The van der Waals surface area contributed by atoms with Gasteiger partial charge in [-0.3, -0.25) is 4.68 Å². The molecule has 1 atom stereocenters. The van der Waals surface area contributed by atoms with Gasteiger partial charge in [-0.25, -0.2) is 9.59 Å². The maximum atomic E-state index is 11.8. The average Bonchev–Trinajstić information content (AvgIpc) is 2.74. The van der Waals surface area contributed by atoms with Crippen molar-refractivity contribution < 1.29 is 14.7 Å². The van der Waals surface area contributed by atoms with Crippen molar-refractivity contribution in [1.82, 2.24) is 15.1 Å². The first-order valence-corrected chi connectivity index (χ1v) is 6.80. The maximum Gasteiger partial charge on any atom is 0.326 e. The number of carboxylic acids is 1. The molecule has 0 saturated heterocycles. The van der Waals surface area contributed by atoms with E-state index < -0.39 is 18.0 Å². The van der Waals surface area contributed by atoms with Crippen molar-refractivity contribution in [1.29, 1.82) is 0 Å². The molecule has 7 heteroatoms. The van der Waals surface area contributed by atoms with Gasteiger partial charge < -0.3 is 15.7 Å². The first kappa shape index (κ1) is 16.0. The third-order valence-electron chi connectivity index (χ3n) is 2.94. The molecule has 0 fully saturated rings. The molecule has 1 heterocycles. The molecule has 0 spiro atoms. The van der Waals surface area contributed by atoms with Crippen molar-refractivity contribution in [3.05, 3.63) is 11.9 Å². The van der Waals surface area contributed by atoms with E-state index in [2.05, 4.69) is 15.7 Å². The van der Waals surface area contributed by atoms with Gasteiger partial charge >= 0.3 is 12.0 Å². The Morgan fingerprint density at radius 3 is 2.70 bits per heavy atom. The van der Waals surface area contributed by atoms with Gasteiger partial charge in [0.05, 0.1) is 11.4 Å². The van der Waals surface area contributed by atoms with Crippen molar-refractivity contribution in [2.75, 3.05) is 5.32 Å². The maximum absolute atomic E-state index is 11.8. The Morgan fingerprint density at radius 1 is 1.45 bits per heavy atom.